The van der Waals surface area contributed by atoms with Crippen molar-refractivity contribution in [3.63, 3.8) is 0 Å². The summed E-state index contributed by atoms with van der Waals surface area (Å²) in [6.07, 6.45) is -4.71. The van der Waals surface area contributed by atoms with Crippen molar-refractivity contribution in [1.29, 1.82) is 0 Å². The number of hydrogen-bond donors (Lipinski definition) is 1. The van der Waals surface area contributed by atoms with Crippen LogP contribution in [0.1, 0.15) is 21.5 Å². The zero-order valence-electron chi connectivity index (χ0n) is 15.6. The van der Waals surface area contributed by atoms with Crippen molar-refractivity contribution < 1.29 is 27.6 Å². The van der Waals surface area contributed by atoms with E-state index in [4.69, 9.17) is 4.74 Å². The molecule has 154 valence electrons. The lowest BCUT2D eigenvalue weighted by molar-refractivity contribution is -0.385. The first-order chi connectivity index (χ1) is 14.1. The van der Waals surface area contributed by atoms with Gasteiger partial charge in [-0.05, 0) is 55.5 Å². The fraction of sp³-hybridized carbons (Fsp3) is 0.0952. The molecule has 0 spiro atoms. The van der Waals surface area contributed by atoms with Crippen LogP contribution in [0.2, 0.25) is 0 Å². The normalized spacial score (nSPS) is 11.1. The molecule has 0 unspecified atom stereocenters. The molecule has 3 aromatic carbocycles. The van der Waals surface area contributed by atoms with Crippen molar-refractivity contribution in [1.82, 2.24) is 0 Å². The Hall–Kier alpha value is -3.88. The van der Waals surface area contributed by atoms with E-state index in [1.54, 1.807) is 12.1 Å². The highest BCUT2D eigenvalue weighted by Crippen LogP contribution is 2.37. The van der Waals surface area contributed by atoms with Gasteiger partial charge in [0.05, 0.1) is 10.5 Å². The molecule has 9 heteroatoms. The Morgan fingerprint density at radius 1 is 1.00 bits per heavy atom. The number of carbonyl (C=O) groups is 1. The largest absolute Gasteiger partial charge is 0.450 e. The van der Waals surface area contributed by atoms with Crippen LogP contribution in [-0.2, 0) is 6.18 Å². The predicted molar refractivity (Wildman–Crippen MR) is 104 cm³/mol. The number of ether oxygens (including phenoxy) is 1. The van der Waals surface area contributed by atoms with Gasteiger partial charge < -0.3 is 10.1 Å². The molecular weight excluding hydrogens is 401 g/mol. The highest BCUT2D eigenvalue weighted by atomic mass is 19.4. The van der Waals surface area contributed by atoms with Crippen LogP contribution >= 0.6 is 0 Å². The monoisotopic (exact) mass is 416 g/mol. The van der Waals surface area contributed by atoms with Crippen molar-refractivity contribution in [2.24, 2.45) is 0 Å². The maximum absolute atomic E-state index is 12.8. The van der Waals surface area contributed by atoms with Gasteiger partial charge in [0.25, 0.3) is 5.91 Å². The second-order valence-corrected chi connectivity index (χ2v) is 6.38. The Kier molecular flexibility index (Phi) is 5.72. The first kappa shape index (κ1) is 20.8. The molecule has 0 fully saturated rings. The lowest BCUT2D eigenvalue weighted by Gasteiger charge is -2.10. The average Bonchev–Trinajstić information content (AvgIpc) is 2.69. The standard InChI is InChI=1S/C21H15F3N2O4/c1-13-2-7-16(8-3-13)25-20(27)14-4-9-17(10-5-14)30-19-11-6-15(21(22,23)24)12-18(19)26(28)29/h2-12H,1H3,(H,25,27). The zero-order chi connectivity index (χ0) is 21.9. The first-order valence-electron chi connectivity index (χ1n) is 8.65. The smallest absolute Gasteiger partial charge is 0.416 e. The summed E-state index contributed by atoms with van der Waals surface area (Å²) in [6.45, 7) is 1.92. The van der Waals surface area contributed by atoms with E-state index in [-0.39, 0.29) is 17.4 Å². The van der Waals surface area contributed by atoms with Crippen LogP contribution in [0, 0.1) is 17.0 Å². The van der Waals surface area contributed by atoms with Crippen LogP contribution in [-0.4, -0.2) is 10.8 Å². The highest BCUT2D eigenvalue weighted by molar-refractivity contribution is 6.04. The van der Waals surface area contributed by atoms with Gasteiger partial charge in [-0.3, -0.25) is 14.9 Å². The van der Waals surface area contributed by atoms with Gasteiger partial charge in [0.2, 0.25) is 5.75 Å². The van der Waals surface area contributed by atoms with Crippen molar-refractivity contribution in [2.45, 2.75) is 13.1 Å². The molecule has 0 aliphatic carbocycles. The molecule has 0 aliphatic rings. The molecule has 3 aromatic rings. The topological polar surface area (TPSA) is 81.5 Å². The van der Waals surface area contributed by atoms with Gasteiger partial charge in [0, 0.05) is 17.3 Å². The van der Waals surface area contributed by atoms with E-state index in [1.807, 2.05) is 19.1 Å². The SMILES string of the molecule is Cc1ccc(NC(=O)c2ccc(Oc3ccc(C(F)(F)F)cc3[N+](=O)[O-])cc2)cc1. The quantitative estimate of drug-likeness (QED) is 0.411. The van der Waals surface area contributed by atoms with E-state index < -0.39 is 22.4 Å². The third kappa shape index (κ3) is 4.93. The number of nitrogens with one attached hydrogen (secondary N) is 1. The van der Waals surface area contributed by atoms with Crippen LogP contribution in [0.4, 0.5) is 24.5 Å². The Morgan fingerprint density at radius 2 is 1.63 bits per heavy atom. The van der Waals surface area contributed by atoms with Crippen molar-refractivity contribution in [3.05, 3.63) is 93.5 Å². The number of aryl methyl sites for hydroxylation is 1. The molecule has 0 aliphatic heterocycles. The zero-order valence-corrected chi connectivity index (χ0v) is 15.6. The third-order valence-corrected chi connectivity index (χ3v) is 4.14. The first-order valence-corrected chi connectivity index (χ1v) is 8.65. The fourth-order valence-corrected chi connectivity index (χ4v) is 2.56. The number of carbonyl (C=O) groups excluding carboxylic acids is 1. The number of nitrogens with zero attached hydrogens (tertiary/aromatic N) is 1. The molecule has 0 bridgehead atoms. The van der Waals surface area contributed by atoms with Gasteiger partial charge >= 0.3 is 11.9 Å². The number of nitro benzene ring substituents is 1. The van der Waals surface area contributed by atoms with E-state index in [1.165, 1.54) is 24.3 Å². The minimum Gasteiger partial charge on any atom is -0.450 e. The van der Waals surface area contributed by atoms with Gasteiger partial charge in [-0.1, -0.05) is 17.7 Å². The van der Waals surface area contributed by atoms with Gasteiger partial charge in [0.1, 0.15) is 5.75 Å². The minimum absolute atomic E-state index is 0.129. The molecule has 0 atom stereocenters. The van der Waals surface area contributed by atoms with Crippen LogP contribution in [0.25, 0.3) is 0 Å². The summed E-state index contributed by atoms with van der Waals surface area (Å²) in [7, 11) is 0. The molecule has 0 radical (unpaired) electrons. The Morgan fingerprint density at radius 3 is 2.20 bits per heavy atom. The lowest BCUT2D eigenvalue weighted by Crippen LogP contribution is -2.11. The van der Waals surface area contributed by atoms with Crippen LogP contribution in [0.5, 0.6) is 11.5 Å². The second kappa shape index (κ2) is 8.24. The maximum Gasteiger partial charge on any atom is 0.416 e. The van der Waals surface area contributed by atoms with E-state index in [0.29, 0.717) is 23.4 Å². The minimum atomic E-state index is -4.71. The van der Waals surface area contributed by atoms with Gasteiger partial charge in [-0.15, -0.1) is 0 Å². The van der Waals surface area contributed by atoms with Crippen LogP contribution < -0.4 is 10.1 Å². The summed E-state index contributed by atoms with van der Waals surface area (Å²) in [5.41, 5.74) is 0.0127. The molecule has 1 N–H and O–H groups in total. The molecule has 3 rings (SSSR count). The van der Waals surface area contributed by atoms with Crippen LogP contribution in [0.3, 0.4) is 0 Å². The molecule has 0 heterocycles. The molecule has 1 amide bonds. The molecule has 30 heavy (non-hydrogen) atoms. The van der Waals surface area contributed by atoms with Gasteiger partial charge in [0.15, 0.2) is 0 Å². The van der Waals surface area contributed by atoms with Crippen LogP contribution in [0.15, 0.2) is 66.7 Å². The summed E-state index contributed by atoms with van der Waals surface area (Å²) < 4.78 is 43.7. The van der Waals surface area contributed by atoms with E-state index >= 15 is 0 Å². The Bertz CT molecular complexity index is 1080. The maximum atomic E-state index is 12.8. The summed E-state index contributed by atoms with van der Waals surface area (Å²) in [5, 5.41) is 13.9. The summed E-state index contributed by atoms with van der Waals surface area (Å²) in [5.74, 6) is -0.583. The number of hydrogen-bond acceptors (Lipinski definition) is 4. The molecular formula is C21H15F3N2O4. The number of anilines is 1. The number of rotatable bonds is 5. The van der Waals surface area contributed by atoms with Gasteiger partial charge in [-0.2, -0.15) is 13.2 Å². The fourth-order valence-electron chi connectivity index (χ4n) is 2.56. The number of benzene rings is 3. The van der Waals surface area contributed by atoms with Gasteiger partial charge in [-0.25, -0.2) is 0 Å². The summed E-state index contributed by atoms with van der Waals surface area (Å²) in [6, 6.07) is 14.9. The lowest BCUT2D eigenvalue weighted by atomic mass is 10.1. The average molecular weight is 416 g/mol. The van der Waals surface area contributed by atoms with E-state index in [9.17, 15) is 28.1 Å². The molecule has 0 saturated carbocycles. The van der Waals surface area contributed by atoms with Crippen molar-refractivity contribution in [3.8, 4) is 11.5 Å². The molecule has 6 nitrogen and oxygen atoms in total. The molecule has 0 aromatic heterocycles. The Labute approximate surface area is 169 Å². The van der Waals surface area contributed by atoms with E-state index in [0.717, 1.165) is 11.6 Å². The van der Waals surface area contributed by atoms with Crippen molar-refractivity contribution in [2.75, 3.05) is 5.32 Å². The summed E-state index contributed by atoms with van der Waals surface area (Å²) >= 11 is 0. The molecule has 0 saturated heterocycles. The van der Waals surface area contributed by atoms with E-state index in [2.05, 4.69) is 5.32 Å². The van der Waals surface area contributed by atoms with Crippen molar-refractivity contribution >= 4 is 17.3 Å². The second-order valence-electron chi connectivity index (χ2n) is 6.38. The number of halogens is 3. The predicted octanol–water partition coefficient (Wildman–Crippen LogP) is 5.97. The number of amides is 1. The summed E-state index contributed by atoms with van der Waals surface area (Å²) in [4.78, 5) is 22.5. The highest BCUT2D eigenvalue weighted by Gasteiger charge is 2.33. The number of nitro groups is 1. The Balaban J connectivity index is 1.76. The number of alkyl halides is 3. The third-order valence-electron chi connectivity index (χ3n) is 4.14.